The summed E-state index contributed by atoms with van der Waals surface area (Å²) in [6.45, 7) is 0.876. The van der Waals surface area contributed by atoms with E-state index in [4.69, 9.17) is 0 Å². The predicted molar refractivity (Wildman–Crippen MR) is 120 cm³/mol. The Kier molecular flexibility index (Phi) is 8.49. The Labute approximate surface area is 192 Å². The minimum absolute atomic E-state index is 0.0336. The highest BCUT2D eigenvalue weighted by Crippen LogP contribution is 2.23. The van der Waals surface area contributed by atoms with E-state index in [0.29, 0.717) is 19.5 Å². The molecule has 2 amide bonds. The minimum Gasteiger partial charge on any atom is -0.345 e. The number of aromatic nitrogens is 2. The van der Waals surface area contributed by atoms with Crippen molar-refractivity contribution in [3.8, 4) is 0 Å². The van der Waals surface area contributed by atoms with Gasteiger partial charge in [0.2, 0.25) is 5.91 Å². The van der Waals surface area contributed by atoms with Crippen LogP contribution in [-0.2, 0) is 17.8 Å². The number of halogens is 1. The van der Waals surface area contributed by atoms with E-state index in [1.807, 2.05) is 0 Å². The van der Waals surface area contributed by atoms with E-state index in [9.17, 15) is 24.1 Å². The third kappa shape index (κ3) is 7.12. The maximum Gasteiger partial charge on any atom is 0.292 e. The van der Waals surface area contributed by atoms with Crippen molar-refractivity contribution in [2.75, 3.05) is 18.4 Å². The molecule has 0 aliphatic carbocycles. The van der Waals surface area contributed by atoms with Gasteiger partial charge in [0.1, 0.15) is 17.2 Å². The molecule has 3 N–H and O–H groups in total. The van der Waals surface area contributed by atoms with Crippen LogP contribution in [0.3, 0.4) is 0 Å². The average molecular weight is 473 g/mol. The molecule has 12 heteroatoms. The lowest BCUT2D eigenvalue weighted by molar-refractivity contribution is -0.383. The molecule has 0 saturated carbocycles. The molecule has 0 atom stereocenters. The number of amides is 2. The molecule has 2 heterocycles. The van der Waals surface area contributed by atoms with Gasteiger partial charge in [-0.1, -0.05) is 12.1 Å². The zero-order valence-electron chi connectivity index (χ0n) is 17.4. The Morgan fingerprint density at radius 1 is 1.15 bits per heavy atom. The van der Waals surface area contributed by atoms with Gasteiger partial charge in [-0.15, -0.1) is 11.3 Å². The molecule has 0 saturated heterocycles. The normalized spacial score (nSPS) is 10.6. The maximum atomic E-state index is 13.6. The van der Waals surface area contributed by atoms with Crippen molar-refractivity contribution in [1.82, 2.24) is 20.6 Å². The number of carbonyl (C=O) groups is 2. The molecule has 10 nitrogen and oxygen atoms in total. The monoisotopic (exact) mass is 472 g/mol. The van der Waals surface area contributed by atoms with Crippen LogP contribution in [0, 0.1) is 15.9 Å². The molecule has 0 unspecified atom stereocenters. The summed E-state index contributed by atoms with van der Waals surface area (Å²) < 4.78 is 13.6. The highest BCUT2D eigenvalue weighted by Gasteiger charge is 2.15. The molecule has 0 aliphatic heterocycles. The lowest BCUT2D eigenvalue weighted by atomic mass is 10.2. The summed E-state index contributed by atoms with van der Waals surface area (Å²) in [6.07, 6.45) is 2.15. The van der Waals surface area contributed by atoms with Gasteiger partial charge in [0.05, 0.1) is 22.2 Å². The molecule has 0 spiro atoms. The quantitative estimate of drug-likeness (QED) is 0.221. The van der Waals surface area contributed by atoms with Crippen LogP contribution >= 0.6 is 11.3 Å². The zero-order valence-corrected chi connectivity index (χ0v) is 18.2. The van der Waals surface area contributed by atoms with Gasteiger partial charge in [0.25, 0.3) is 11.6 Å². The molecule has 33 heavy (non-hydrogen) atoms. The molecule has 0 bridgehead atoms. The van der Waals surface area contributed by atoms with Gasteiger partial charge >= 0.3 is 0 Å². The summed E-state index contributed by atoms with van der Waals surface area (Å²) in [7, 11) is 0. The molecule has 2 aromatic heterocycles. The number of pyridine rings is 1. The Morgan fingerprint density at radius 3 is 2.76 bits per heavy atom. The number of carbonyl (C=O) groups excluding carboxylic acids is 2. The standard InChI is InChI=1S/C21H21FN6O4S/c22-14-4-3-9-24-16(14)12-25-21(30)17-13-33-20(27-17)8-11-23-10-7-19(29)26-15-5-1-2-6-18(15)28(31)32/h1-6,9,13,23H,7-8,10-12H2,(H,25,30)(H,26,29). The minimum atomic E-state index is -0.548. The number of nitrogens with one attached hydrogen (secondary N) is 3. The van der Waals surface area contributed by atoms with E-state index in [2.05, 4.69) is 25.9 Å². The lowest BCUT2D eigenvalue weighted by Crippen LogP contribution is -2.25. The number of nitro benzene ring substituents is 1. The molecule has 3 rings (SSSR count). The first-order valence-corrected chi connectivity index (χ1v) is 10.9. The predicted octanol–water partition coefficient (Wildman–Crippen LogP) is 2.68. The van der Waals surface area contributed by atoms with Gasteiger partial charge in [0, 0.05) is 43.6 Å². The Hall–Kier alpha value is -3.77. The SMILES string of the molecule is O=C(CCNCCc1nc(C(=O)NCc2ncccc2F)cs1)Nc1ccccc1[N+](=O)[O-]. The summed E-state index contributed by atoms with van der Waals surface area (Å²) in [5, 5.41) is 21.6. The first kappa shape index (κ1) is 23.9. The number of nitrogens with zero attached hydrogens (tertiary/aromatic N) is 3. The van der Waals surface area contributed by atoms with Crippen molar-refractivity contribution in [2.24, 2.45) is 0 Å². The van der Waals surface area contributed by atoms with Crippen LogP contribution in [0.4, 0.5) is 15.8 Å². The van der Waals surface area contributed by atoms with E-state index >= 15 is 0 Å². The first-order chi connectivity index (χ1) is 15.9. The van der Waals surface area contributed by atoms with Crippen molar-refractivity contribution in [3.63, 3.8) is 0 Å². The third-order valence-corrected chi connectivity index (χ3v) is 5.36. The van der Waals surface area contributed by atoms with Crippen LogP contribution in [0.5, 0.6) is 0 Å². The highest BCUT2D eigenvalue weighted by molar-refractivity contribution is 7.09. The zero-order chi connectivity index (χ0) is 23.6. The van der Waals surface area contributed by atoms with E-state index in [-0.39, 0.29) is 41.6 Å². The maximum absolute atomic E-state index is 13.6. The number of hydrogen-bond donors (Lipinski definition) is 3. The van der Waals surface area contributed by atoms with Gasteiger partial charge in [-0.25, -0.2) is 9.37 Å². The first-order valence-electron chi connectivity index (χ1n) is 10.00. The average Bonchev–Trinajstić information content (AvgIpc) is 3.27. The van der Waals surface area contributed by atoms with E-state index in [1.165, 1.54) is 47.9 Å². The molecular formula is C21H21FN6O4S. The van der Waals surface area contributed by atoms with E-state index in [0.717, 1.165) is 5.01 Å². The van der Waals surface area contributed by atoms with Gasteiger partial charge < -0.3 is 16.0 Å². The summed E-state index contributed by atoms with van der Waals surface area (Å²) in [5.41, 5.74) is 0.394. The van der Waals surface area contributed by atoms with Crippen molar-refractivity contribution in [1.29, 1.82) is 0 Å². The molecule has 3 aromatic rings. The lowest BCUT2D eigenvalue weighted by Gasteiger charge is -2.06. The largest absolute Gasteiger partial charge is 0.345 e. The number of rotatable bonds is 11. The molecular weight excluding hydrogens is 451 g/mol. The fraction of sp³-hybridized carbons (Fsp3) is 0.238. The van der Waals surface area contributed by atoms with Gasteiger partial charge in [0.15, 0.2) is 0 Å². The van der Waals surface area contributed by atoms with Crippen LogP contribution in [0.25, 0.3) is 0 Å². The molecule has 1 aromatic carbocycles. The second-order valence-corrected chi connectivity index (χ2v) is 7.76. The van der Waals surface area contributed by atoms with Crippen LogP contribution in [0.15, 0.2) is 48.0 Å². The van der Waals surface area contributed by atoms with Crippen molar-refractivity contribution >= 4 is 34.5 Å². The number of nitro groups is 1. The number of thiazole rings is 1. The summed E-state index contributed by atoms with van der Waals surface area (Å²) in [6, 6.07) is 8.70. The third-order valence-electron chi connectivity index (χ3n) is 4.45. The molecule has 0 radical (unpaired) electrons. The molecule has 0 fully saturated rings. The smallest absolute Gasteiger partial charge is 0.292 e. The van der Waals surface area contributed by atoms with Crippen LogP contribution in [0.2, 0.25) is 0 Å². The second-order valence-electron chi connectivity index (χ2n) is 6.81. The van der Waals surface area contributed by atoms with Crippen molar-refractivity contribution in [3.05, 3.63) is 80.3 Å². The molecule has 0 aliphatic rings. The van der Waals surface area contributed by atoms with E-state index in [1.54, 1.807) is 11.4 Å². The van der Waals surface area contributed by atoms with Crippen LogP contribution in [0.1, 0.15) is 27.6 Å². The van der Waals surface area contributed by atoms with Crippen molar-refractivity contribution in [2.45, 2.75) is 19.4 Å². The Balaban J connectivity index is 1.36. The summed E-state index contributed by atoms with van der Waals surface area (Å²) in [5.74, 6) is -1.24. The van der Waals surface area contributed by atoms with Gasteiger partial charge in [-0.2, -0.15) is 0 Å². The molecule has 172 valence electrons. The Bertz CT molecular complexity index is 1140. The topological polar surface area (TPSA) is 139 Å². The number of hydrogen-bond acceptors (Lipinski definition) is 8. The Morgan fingerprint density at radius 2 is 1.97 bits per heavy atom. The highest BCUT2D eigenvalue weighted by atomic mass is 32.1. The number of benzene rings is 1. The van der Waals surface area contributed by atoms with Crippen molar-refractivity contribution < 1.29 is 18.9 Å². The fourth-order valence-electron chi connectivity index (χ4n) is 2.81. The van der Waals surface area contributed by atoms with E-state index < -0.39 is 16.6 Å². The number of para-hydroxylation sites is 2. The van der Waals surface area contributed by atoms with Crippen LogP contribution in [-0.4, -0.2) is 39.8 Å². The second kappa shape index (κ2) is 11.7. The fourth-order valence-corrected chi connectivity index (χ4v) is 3.58. The van der Waals surface area contributed by atoms with Crippen LogP contribution < -0.4 is 16.0 Å². The van der Waals surface area contributed by atoms with Gasteiger partial charge in [-0.3, -0.25) is 24.7 Å². The summed E-state index contributed by atoms with van der Waals surface area (Å²) in [4.78, 5) is 42.8. The summed E-state index contributed by atoms with van der Waals surface area (Å²) >= 11 is 1.33. The van der Waals surface area contributed by atoms with Gasteiger partial charge in [-0.05, 0) is 18.2 Å². The number of anilines is 1.